The van der Waals surface area contributed by atoms with E-state index in [1.807, 2.05) is 25.1 Å². The molecule has 2 N–H and O–H groups in total. The third-order valence-electron chi connectivity index (χ3n) is 4.29. The van der Waals surface area contributed by atoms with E-state index < -0.39 is 0 Å². The summed E-state index contributed by atoms with van der Waals surface area (Å²) in [5.41, 5.74) is 5.66. The molecule has 0 unspecified atom stereocenters. The molecule has 0 atom stereocenters. The molecule has 0 spiro atoms. The molecule has 0 saturated carbocycles. The zero-order chi connectivity index (χ0) is 16.4. The van der Waals surface area contributed by atoms with Crippen LogP contribution in [0.3, 0.4) is 0 Å². The molecule has 0 aromatic heterocycles. The summed E-state index contributed by atoms with van der Waals surface area (Å²) in [6.07, 6.45) is 0.966. The normalized spacial score (nSPS) is 13.8. The van der Waals surface area contributed by atoms with Crippen molar-refractivity contribution in [2.24, 2.45) is 0 Å². The first-order valence-corrected chi connectivity index (χ1v) is 7.91. The predicted molar refractivity (Wildman–Crippen MR) is 91.4 cm³/mol. The second kappa shape index (κ2) is 6.42. The number of nitrogens with zero attached hydrogens (tertiary/aromatic N) is 1. The number of amides is 1. The van der Waals surface area contributed by atoms with Crippen molar-refractivity contribution in [3.05, 3.63) is 58.7 Å². The number of aryl methyl sites for hydroxylation is 1. The molecule has 2 aromatic carbocycles. The number of rotatable bonds is 4. The van der Waals surface area contributed by atoms with Crippen molar-refractivity contribution in [1.82, 2.24) is 4.90 Å². The fraction of sp³-hybridized carbons (Fsp3) is 0.316. The van der Waals surface area contributed by atoms with E-state index in [1.54, 1.807) is 6.07 Å². The lowest BCUT2D eigenvalue weighted by Crippen LogP contribution is -2.19. The molecule has 1 aliphatic heterocycles. The molecule has 0 fully saturated rings. The van der Waals surface area contributed by atoms with Gasteiger partial charge in [0.2, 0.25) is 5.91 Å². The smallest absolute Gasteiger partial charge is 0.221 e. The molecule has 4 heteroatoms. The van der Waals surface area contributed by atoms with Gasteiger partial charge in [-0.3, -0.25) is 9.69 Å². The maximum atomic E-state index is 11.1. The van der Waals surface area contributed by atoms with Crippen LogP contribution in [-0.2, 0) is 24.3 Å². The summed E-state index contributed by atoms with van der Waals surface area (Å²) in [4.78, 5) is 13.6. The van der Waals surface area contributed by atoms with Crippen LogP contribution in [-0.4, -0.2) is 22.5 Å². The highest BCUT2D eigenvalue weighted by molar-refractivity contribution is 5.88. The summed E-state index contributed by atoms with van der Waals surface area (Å²) in [6.45, 7) is 6.30. The van der Waals surface area contributed by atoms with Gasteiger partial charge in [0.15, 0.2) is 0 Å². The number of carbonyl (C=O) groups excluding carboxylic acids is 1. The Bertz CT molecular complexity index is 740. The maximum Gasteiger partial charge on any atom is 0.221 e. The largest absolute Gasteiger partial charge is 0.508 e. The number of carbonyl (C=O) groups is 1. The Kier molecular flexibility index (Phi) is 4.35. The fourth-order valence-corrected chi connectivity index (χ4v) is 3.06. The van der Waals surface area contributed by atoms with E-state index in [-0.39, 0.29) is 5.91 Å². The van der Waals surface area contributed by atoms with E-state index in [2.05, 4.69) is 22.3 Å². The van der Waals surface area contributed by atoms with Crippen LogP contribution in [0.15, 0.2) is 36.4 Å². The van der Waals surface area contributed by atoms with Crippen molar-refractivity contribution in [2.75, 3.05) is 11.9 Å². The van der Waals surface area contributed by atoms with Crippen molar-refractivity contribution < 1.29 is 9.90 Å². The van der Waals surface area contributed by atoms with Gasteiger partial charge in [-0.2, -0.15) is 0 Å². The Morgan fingerprint density at radius 1 is 1.17 bits per heavy atom. The quantitative estimate of drug-likeness (QED) is 0.911. The third kappa shape index (κ3) is 3.71. The van der Waals surface area contributed by atoms with Crippen molar-refractivity contribution in [3.63, 3.8) is 0 Å². The third-order valence-corrected chi connectivity index (χ3v) is 4.29. The molecule has 0 saturated heterocycles. The zero-order valence-corrected chi connectivity index (χ0v) is 13.6. The average molecular weight is 310 g/mol. The number of fused-ring (bicyclic) bond motifs is 1. The molecular formula is C19H22N2O2. The zero-order valence-electron chi connectivity index (χ0n) is 13.6. The van der Waals surface area contributed by atoms with E-state index in [1.165, 1.54) is 23.6 Å². The van der Waals surface area contributed by atoms with Crippen LogP contribution < -0.4 is 5.32 Å². The topological polar surface area (TPSA) is 52.6 Å². The van der Waals surface area contributed by atoms with Crippen molar-refractivity contribution in [3.8, 4) is 5.75 Å². The van der Waals surface area contributed by atoms with Gasteiger partial charge in [0, 0.05) is 32.2 Å². The molecule has 0 bridgehead atoms. The molecule has 23 heavy (non-hydrogen) atoms. The lowest BCUT2D eigenvalue weighted by Gasteiger charge is -2.15. The van der Waals surface area contributed by atoms with Crippen LogP contribution >= 0.6 is 0 Å². The summed E-state index contributed by atoms with van der Waals surface area (Å²) in [6, 6.07) is 11.9. The Labute approximate surface area is 136 Å². The van der Waals surface area contributed by atoms with Crippen LogP contribution in [0.2, 0.25) is 0 Å². The molecule has 1 aliphatic rings. The van der Waals surface area contributed by atoms with Crippen LogP contribution in [0.1, 0.15) is 29.2 Å². The fourth-order valence-electron chi connectivity index (χ4n) is 3.06. The van der Waals surface area contributed by atoms with Gasteiger partial charge in [-0.05, 0) is 53.8 Å². The minimum Gasteiger partial charge on any atom is -0.508 e. The van der Waals surface area contributed by atoms with E-state index in [0.717, 1.165) is 37.3 Å². The molecule has 0 aliphatic carbocycles. The highest BCUT2D eigenvalue weighted by atomic mass is 16.3. The highest BCUT2D eigenvalue weighted by Crippen LogP contribution is 2.26. The first-order valence-electron chi connectivity index (χ1n) is 7.91. The number of anilines is 1. The van der Waals surface area contributed by atoms with Crippen molar-refractivity contribution in [2.45, 2.75) is 33.4 Å². The van der Waals surface area contributed by atoms with E-state index >= 15 is 0 Å². The van der Waals surface area contributed by atoms with Gasteiger partial charge in [-0.25, -0.2) is 0 Å². The summed E-state index contributed by atoms with van der Waals surface area (Å²) >= 11 is 0. The maximum absolute atomic E-state index is 11.1. The number of aromatic hydroxyl groups is 1. The Balaban J connectivity index is 1.61. The van der Waals surface area contributed by atoms with Gasteiger partial charge in [-0.1, -0.05) is 18.2 Å². The van der Waals surface area contributed by atoms with Crippen molar-refractivity contribution in [1.29, 1.82) is 0 Å². The van der Waals surface area contributed by atoms with Crippen LogP contribution in [0, 0.1) is 6.92 Å². The van der Waals surface area contributed by atoms with Gasteiger partial charge < -0.3 is 10.4 Å². The first-order chi connectivity index (χ1) is 11.0. The van der Waals surface area contributed by atoms with Crippen LogP contribution in [0.4, 0.5) is 5.69 Å². The van der Waals surface area contributed by atoms with E-state index in [9.17, 15) is 9.90 Å². The molecule has 1 heterocycles. The number of hydrogen-bond acceptors (Lipinski definition) is 3. The molecule has 4 nitrogen and oxygen atoms in total. The Morgan fingerprint density at radius 3 is 2.70 bits per heavy atom. The van der Waals surface area contributed by atoms with E-state index in [4.69, 9.17) is 0 Å². The summed E-state index contributed by atoms with van der Waals surface area (Å²) < 4.78 is 0. The summed E-state index contributed by atoms with van der Waals surface area (Å²) in [5.74, 6) is 0.315. The Hall–Kier alpha value is -2.33. The number of hydrogen-bond donors (Lipinski definition) is 2. The van der Waals surface area contributed by atoms with Crippen LogP contribution in [0.25, 0.3) is 0 Å². The minimum absolute atomic E-state index is 0.0393. The molecular weight excluding hydrogens is 288 g/mol. The molecule has 0 radical (unpaired) electrons. The lowest BCUT2D eigenvalue weighted by molar-refractivity contribution is -0.114. The van der Waals surface area contributed by atoms with Gasteiger partial charge in [0.05, 0.1) is 0 Å². The SMILES string of the molecule is CC(=O)Nc1ccc2c(c1)CN(CCc1ccc(O)c(C)c1)C2. The van der Waals surface area contributed by atoms with Gasteiger partial charge in [0.25, 0.3) is 0 Å². The lowest BCUT2D eigenvalue weighted by atomic mass is 10.1. The molecule has 1 amide bonds. The predicted octanol–water partition coefficient (Wildman–Crippen LogP) is 3.22. The minimum atomic E-state index is -0.0393. The summed E-state index contributed by atoms with van der Waals surface area (Å²) in [5, 5.41) is 12.4. The molecule has 2 aromatic rings. The van der Waals surface area contributed by atoms with Crippen LogP contribution in [0.5, 0.6) is 5.75 Å². The Morgan fingerprint density at radius 2 is 1.96 bits per heavy atom. The number of nitrogens with one attached hydrogen (secondary N) is 1. The van der Waals surface area contributed by atoms with Crippen molar-refractivity contribution >= 4 is 11.6 Å². The number of phenols is 1. The van der Waals surface area contributed by atoms with Gasteiger partial charge in [-0.15, -0.1) is 0 Å². The van der Waals surface area contributed by atoms with Gasteiger partial charge >= 0.3 is 0 Å². The number of phenolic OH excluding ortho intramolecular Hbond substituents is 1. The van der Waals surface area contributed by atoms with Gasteiger partial charge in [0.1, 0.15) is 5.75 Å². The summed E-state index contributed by atoms with van der Waals surface area (Å²) in [7, 11) is 0. The average Bonchev–Trinajstić information content (AvgIpc) is 2.90. The first kappa shape index (κ1) is 15.6. The monoisotopic (exact) mass is 310 g/mol. The van der Waals surface area contributed by atoms with E-state index in [0.29, 0.717) is 5.75 Å². The highest BCUT2D eigenvalue weighted by Gasteiger charge is 2.19. The standard InChI is InChI=1S/C19H22N2O2/c1-13-9-15(3-6-19(13)23)7-8-21-11-16-4-5-18(20-14(2)22)10-17(16)12-21/h3-6,9-10,23H,7-8,11-12H2,1-2H3,(H,20,22). The second-order valence-corrected chi connectivity index (χ2v) is 6.25. The molecule has 3 rings (SSSR count). The number of benzene rings is 2. The molecule has 120 valence electrons. The second-order valence-electron chi connectivity index (χ2n) is 6.25.